The van der Waals surface area contributed by atoms with Gasteiger partial charge in [0.2, 0.25) is 5.91 Å². The van der Waals surface area contributed by atoms with E-state index in [1.807, 2.05) is 18.2 Å². The number of piperidine rings is 1. The van der Waals surface area contributed by atoms with Gasteiger partial charge in [0, 0.05) is 25.1 Å². The summed E-state index contributed by atoms with van der Waals surface area (Å²) >= 11 is 0. The number of rotatable bonds is 4. The van der Waals surface area contributed by atoms with Crippen LogP contribution >= 0.6 is 0 Å². The molecule has 4 rings (SSSR count). The number of nitrogens with one attached hydrogen (secondary N) is 2. The number of carbonyl (C=O) groups is 1. The Morgan fingerprint density at radius 2 is 1.87 bits per heavy atom. The molecular formula is C19H26N2O2. The van der Waals surface area contributed by atoms with E-state index in [2.05, 4.69) is 22.8 Å². The van der Waals surface area contributed by atoms with E-state index in [9.17, 15) is 4.79 Å². The van der Waals surface area contributed by atoms with Crippen molar-refractivity contribution in [2.75, 3.05) is 6.61 Å². The van der Waals surface area contributed by atoms with Crippen molar-refractivity contribution in [1.82, 2.24) is 10.6 Å². The third-order valence-electron chi connectivity index (χ3n) is 5.61. The molecule has 4 atom stereocenters. The molecule has 3 aliphatic heterocycles. The van der Waals surface area contributed by atoms with Gasteiger partial charge in [-0.15, -0.1) is 0 Å². The topological polar surface area (TPSA) is 50.4 Å². The first-order chi connectivity index (χ1) is 11.3. The SMILES string of the molecule is O=C(CC1CC2CCC(C1)N2)NC1CCOC1c1ccccc1. The molecule has 0 saturated carbocycles. The Morgan fingerprint density at radius 1 is 1.13 bits per heavy atom. The normalized spacial score (nSPS) is 36.1. The standard InChI is InChI=1S/C19H26N2O2/c22-18(12-13-10-15-6-7-16(11-13)20-15)21-17-8-9-23-19(17)14-4-2-1-3-5-14/h1-5,13,15-17,19-20H,6-12H2,(H,21,22). The number of hydrogen-bond donors (Lipinski definition) is 2. The molecule has 1 aromatic rings. The molecule has 0 spiro atoms. The molecule has 4 unspecified atom stereocenters. The highest BCUT2D eigenvalue weighted by atomic mass is 16.5. The van der Waals surface area contributed by atoms with Gasteiger partial charge in [0.25, 0.3) is 0 Å². The molecule has 4 nitrogen and oxygen atoms in total. The first-order valence-corrected chi connectivity index (χ1v) is 9.00. The summed E-state index contributed by atoms with van der Waals surface area (Å²) in [4.78, 5) is 12.5. The van der Waals surface area contributed by atoms with E-state index in [-0.39, 0.29) is 18.1 Å². The molecule has 124 valence electrons. The summed E-state index contributed by atoms with van der Waals surface area (Å²) in [7, 11) is 0. The van der Waals surface area contributed by atoms with E-state index in [4.69, 9.17) is 4.74 Å². The van der Waals surface area contributed by atoms with E-state index in [1.165, 1.54) is 12.8 Å². The van der Waals surface area contributed by atoms with Gasteiger partial charge in [-0.05, 0) is 43.6 Å². The van der Waals surface area contributed by atoms with Crippen molar-refractivity contribution in [2.45, 2.75) is 62.8 Å². The summed E-state index contributed by atoms with van der Waals surface area (Å²) in [6.45, 7) is 0.724. The molecule has 3 fully saturated rings. The van der Waals surface area contributed by atoms with Gasteiger partial charge in [-0.3, -0.25) is 4.79 Å². The van der Waals surface area contributed by atoms with Crippen LogP contribution in [0.4, 0.5) is 0 Å². The summed E-state index contributed by atoms with van der Waals surface area (Å²) in [6.07, 6.45) is 6.48. The zero-order chi connectivity index (χ0) is 15.6. The van der Waals surface area contributed by atoms with E-state index in [1.54, 1.807) is 0 Å². The lowest BCUT2D eigenvalue weighted by molar-refractivity contribution is -0.123. The Morgan fingerprint density at radius 3 is 2.61 bits per heavy atom. The average molecular weight is 314 g/mol. The highest BCUT2D eigenvalue weighted by Gasteiger charge is 2.35. The fourth-order valence-electron chi connectivity index (χ4n) is 4.58. The second-order valence-electron chi connectivity index (χ2n) is 7.34. The summed E-state index contributed by atoms with van der Waals surface area (Å²) in [6, 6.07) is 11.7. The molecule has 0 aliphatic carbocycles. The number of benzene rings is 1. The number of hydrogen-bond acceptors (Lipinski definition) is 3. The number of carbonyl (C=O) groups excluding carboxylic acids is 1. The fraction of sp³-hybridized carbons (Fsp3) is 0.632. The summed E-state index contributed by atoms with van der Waals surface area (Å²) in [5.41, 5.74) is 1.16. The lowest BCUT2D eigenvalue weighted by atomic mass is 9.89. The Hall–Kier alpha value is -1.39. The molecule has 0 radical (unpaired) electrons. The minimum atomic E-state index is 0.00403. The van der Waals surface area contributed by atoms with Crippen LogP contribution in [0, 0.1) is 5.92 Å². The van der Waals surface area contributed by atoms with Crippen LogP contribution in [0.25, 0.3) is 0 Å². The lowest BCUT2D eigenvalue weighted by Gasteiger charge is -2.29. The van der Waals surface area contributed by atoms with Crippen LogP contribution in [-0.2, 0) is 9.53 Å². The second-order valence-corrected chi connectivity index (χ2v) is 7.34. The zero-order valence-corrected chi connectivity index (χ0v) is 13.5. The van der Waals surface area contributed by atoms with Crippen LogP contribution in [0.15, 0.2) is 30.3 Å². The Bertz CT molecular complexity index is 536. The predicted molar refractivity (Wildman–Crippen MR) is 89.0 cm³/mol. The number of fused-ring (bicyclic) bond motifs is 2. The van der Waals surface area contributed by atoms with Gasteiger partial charge >= 0.3 is 0 Å². The Balaban J connectivity index is 1.33. The van der Waals surface area contributed by atoms with Crippen molar-refractivity contribution in [3.63, 3.8) is 0 Å². The molecule has 3 heterocycles. The molecule has 2 bridgehead atoms. The van der Waals surface area contributed by atoms with Crippen LogP contribution in [-0.4, -0.2) is 30.6 Å². The van der Waals surface area contributed by atoms with E-state index in [0.717, 1.165) is 31.4 Å². The van der Waals surface area contributed by atoms with Crippen molar-refractivity contribution < 1.29 is 9.53 Å². The van der Waals surface area contributed by atoms with Crippen LogP contribution in [0.2, 0.25) is 0 Å². The maximum Gasteiger partial charge on any atom is 0.220 e. The van der Waals surface area contributed by atoms with Crippen molar-refractivity contribution in [2.24, 2.45) is 5.92 Å². The van der Waals surface area contributed by atoms with Gasteiger partial charge in [-0.1, -0.05) is 30.3 Å². The van der Waals surface area contributed by atoms with Crippen LogP contribution in [0.1, 0.15) is 50.2 Å². The summed E-state index contributed by atoms with van der Waals surface area (Å²) in [5.74, 6) is 0.749. The highest BCUT2D eigenvalue weighted by Crippen LogP contribution is 2.33. The minimum Gasteiger partial charge on any atom is -0.371 e. The minimum absolute atomic E-state index is 0.00403. The number of amides is 1. The molecule has 3 saturated heterocycles. The molecule has 1 aromatic carbocycles. The smallest absolute Gasteiger partial charge is 0.220 e. The van der Waals surface area contributed by atoms with Crippen molar-refractivity contribution in [3.05, 3.63) is 35.9 Å². The summed E-state index contributed by atoms with van der Waals surface area (Å²) in [5, 5.41) is 6.88. The molecular weight excluding hydrogens is 288 g/mol. The lowest BCUT2D eigenvalue weighted by Crippen LogP contribution is -2.42. The molecule has 3 aliphatic rings. The Kier molecular flexibility index (Phi) is 4.36. The third kappa shape index (κ3) is 3.43. The predicted octanol–water partition coefficient (Wildman–Crippen LogP) is 2.55. The maximum absolute atomic E-state index is 12.5. The largest absolute Gasteiger partial charge is 0.371 e. The van der Waals surface area contributed by atoms with Crippen molar-refractivity contribution in [3.8, 4) is 0 Å². The Labute approximate surface area is 138 Å². The summed E-state index contributed by atoms with van der Waals surface area (Å²) < 4.78 is 5.86. The molecule has 4 heteroatoms. The van der Waals surface area contributed by atoms with Gasteiger partial charge in [0.1, 0.15) is 6.10 Å². The molecule has 23 heavy (non-hydrogen) atoms. The van der Waals surface area contributed by atoms with Gasteiger partial charge < -0.3 is 15.4 Å². The van der Waals surface area contributed by atoms with Crippen LogP contribution in [0.3, 0.4) is 0 Å². The van der Waals surface area contributed by atoms with E-state index >= 15 is 0 Å². The van der Waals surface area contributed by atoms with Crippen molar-refractivity contribution in [1.29, 1.82) is 0 Å². The monoisotopic (exact) mass is 314 g/mol. The average Bonchev–Trinajstić information content (AvgIpc) is 3.14. The fourth-order valence-corrected chi connectivity index (χ4v) is 4.58. The molecule has 2 N–H and O–H groups in total. The first-order valence-electron chi connectivity index (χ1n) is 9.00. The highest BCUT2D eigenvalue weighted by molar-refractivity contribution is 5.76. The molecule has 1 amide bonds. The second kappa shape index (κ2) is 6.62. The third-order valence-corrected chi connectivity index (χ3v) is 5.61. The quantitative estimate of drug-likeness (QED) is 0.898. The van der Waals surface area contributed by atoms with Crippen LogP contribution < -0.4 is 10.6 Å². The van der Waals surface area contributed by atoms with Gasteiger partial charge in [-0.25, -0.2) is 0 Å². The van der Waals surface area contributed by atoms with E-state index in [0.29, 0.717) is 24.4 Å². The first kappa shape index (κ1) is 15.2. The maximum atomic E-state index is 12.5. The van der Waals surface area contributed by atoms with Crippen LogP contribution in [0.5, 0.6) is 0 Å². The van der Waals surface area contributed by atoms with E-state index < -0.39 is 0 Å². The van der Waals surface area contributed by atoms with Gasteiger partial charge in [-0.2, -0.15) is 0 Å². The molecule has 0 aromatic heterocycles. The van der Waals surface area contributed by atoms with Gasteiger partial charge in [0.05, 0.1) is 6.04 Å². The van der Waals surface area contributed by atoms with Gasteiger partial charge in [0.15, 0.2) is 0 Å². The zero-order valence-electron chi connectivity index (χ0n) is 13.5. The number of ether oxygens (including phenoxy) is 1. The van der Waals surface area contributed by atoms with Crippen molar-refractivity contribution >= 4 is 5.91 Å².